The van der Waals surface area contributed by atoms with Crippen LogP contribution in [0.25, 0.3) is 0 Å². The van der Waals surface area contributed by atoms with E-state index in [1.807, 2.05) is 30.3 Å². The Morgan fingerprint density at radius 3 is 2.86 bits per heavy atom. The minimum absolute atomic E-state index is 0.0899. The minimum Gasteiger partial charge on any atom is -0.364 e. The molecule has 3 heterocycles. The highest BCUT2D eigenvalue weighted by Gasteiger charge is 2.38. The van der Waals surface area contributed by atoms with Crippen molar-refractivity contribution in [2.24, 2.45) is 5.92 Å². The van der Waals surface area contributed by atoms with E-state index in [0.717, 1.165) is 10.6 Å². The first kappa shape index (κ1) is 18.3. The smallest absolute Gasteiger partial charge is 0.229 e. The largest absolute Gasteiger partial charge is 0.364 e. The van der Waals surface area contributed by atoms with Crippen LogP contribution in [0, 0.1) is 5.92 Å². The van der Waals surface area contributed by atoms with Gasteiger partial charge in [-0.05, 0) is 5.56 Å². The molecule has 1 aromatic carbocycles. The number of hydrogen-bond donors (Lipinski definition) is 0. The second-order valence-electron chi connectivity index (χ2n) is 6.73. The van der Waals surface area contributed by atoms with Crippen molar-refractivity contribution in [3.8, 4) is 0 Å². The molecule has 1 atom stereocenters. The van der Waals surface area contributed by atoms with Gasteiger partial charge in [0.25, 0.3) is 0 Å². The van der Waals surface area contributed by atoms with Crippen molar-refractivity contribution in [3.63, 3.8) is 0 Å². The van der Waals surface area contributed by atoms with Gasteiger partial charge in [-0.25, -0.2) is 0 Å². The van der Waals surface area contributed by atoms with E-state index in [1.54, 1.807) is 22.9 Å². The van der Waals surface area contributed by atoms with E-state index in [9.17, 15) is 9.59 Å². The molecule has 1 unspecified atom stereocenters. The van der Waals surface area contributed by atoms with Crippen LogP contribution in [-0.4, -0.2) is 45.7 Å². The second kappa shape index (κ2) is 7.89. The van der Waals surface area contributed by atoms with Crippen LogP contribution in [0.15, 0.2) is 47.2 Å². The molecule has 9 heteroatoms. The van der Waals surface area contributed by atoms with E-state index in [4.69, 9.17) is 4.52 Å². The molecule has 2 aromatic heterocycles. The molecule has 0 aliphatic carbocycles. The standard InChI is InChI=1S/C19H19N5O3S/c1-23(12-15-7-8-27-22-15)18(26)14-10-17(25)24(11-14)19-21-20-16(28-19)9-13-5-3-2-4-6-13/h2-8,14H,9-12H2,1H3. The van der Waals surface area contributed by atoms with E-state index < -0.39 is 5.92 Å². The predicted molar refractivity (Wildman–Crippen MR) is 103 cm³/mol. The quantitative estimate of drug-likeness (QED) is 0.633. The normalized spacial score (nSPS) is 16.5. The summed E-state index contributed by atoms with van der Waals surface area (Å²) in [6.07, 6.45) is 2.32. The highest BCUT2D eigenvalue weighted by Crippen LogP contribution is 2.29. The summed E-state index contributed by atoms with van der Waals surface area (Å²) < 4.78 is 4.79. The van der Waals surface area contributed by atoms with E-state index >= 15 is 0 Å². The lowest BCUT2D eigenvalue weighted by Crippen LogP contribution is -2.34. The Balaban J connectivity index is 1.40. The van der Waals surface area contributed by atoms with Crippen molar-refractivity contribution < 1.29 is 14.1 Å². The van der Waals surface area contributed by atoms with E-state index in [1.165, 1.54) is 17.6 Å². The monoisotopic (exact) mass is 397 g/mol. The third kappa shape index (κ3) is 3.94. The van der Waals surface area contributed by atoms with Gasteiger partial charge in [-0.2, -0.15) is 0 Å². The lowest BCUT2D eigenvalue weighted by molar-refractivity contribution is -0.135. The van der Waals surface area contributed by atoms with Crippen LogP contribution in [0.1, 0.15) is 22.7 Å². The topological polar surface area (TPSA) is 92.4 Å². The fourth-order valence-corrected chi connectivity index (χ4v) is 4.10. The van der Waals surface area contributed by atoms with E-state index in [2.05, 4.69) is 15.4 Å². The zero-order valence-corrected chi connectivity index (χ0v) is 16.1. The number of hydrogen-bond acceptors (Lipinski definition) is 7. The van der Waals surface area contributed by atoms with Crippen LogP contribution in [0.3, 0.4) is 0 Å². The molecule has 0 saturated carbocycles. The number of benzene rings is 1. The van der Waals surface area contributed by atoms with Gasteiger partial charge < -0.3 is 9.42 Å². The van der Waals surface area contributed by atoms with Gasteiger partial charge in [0.1, 0.15) is 17.0 Å². The van der Waals surface area contributed by atoms with Crippen LogP contribution in [0.4, 0.5) is 5.13 Å². The van der Waals surface area contributed by atoms with Crippen LogP contribution < -0.4 is 4.90 Å². The van der Waals surface area contributed by atoms with Crippen molar-refractivity contribution in [1.82, 2.24) is 20.3 Å². The summed E-state index contributed by atoms with van der Waals surface area (Å²) >= 11 is 1.39. The SMILES string of the molecule is CN(Cc1ccon1)C(=O)C1CC(=O)N(c2nnc(Cc3ccccc3)s2)C1. The molecular formula is C19H19N5O3S. The zero-order chi connectivity index (χ0) is 19.5. The van der Waals surface area contributed by atoms with Crippen LogP contribution in [-0.2, 0) is 22.6 Å². The number of aromatic nitrogens is 3. The van der Waals surface area contributed by atoms with Crippen molar-refractivity contribution in [1.29, 1.82) is 0 Å². The molecule has 0 radical (unpaired) electrons. The van der Waals surface area contributed by atoms with Gasteiger partial charge in [0.2, 0.25) is 16.9 Å². The molecule has 2 amide bonds. The van der Waals surface area contributed by atoms with Gasteiger partial charge in [0, 0.05) is 32.5 Å². The lowest BCUT2D eigenvalue weighted by atomic mass is 10.1. The molecule has 1 fully saturated rings. The Morgan fingerprint density at radius 2 is 2.11 bits per heavy atom. The fourth-order valence-electron chi connectivity index (χ4n) is 3.21. The van der Waals surface area contributed by atoms with Gasteiger partial charge in [-0.15, -0.1) is 10.2 Å². The summed E-state index contributed by atoms with van der Waals surface area (Å²) in [7, 11) is 1.70. The summed E-state index contributed by atoms with van der Waals surface area (Å²) in [4.78, 5) is 28.3. The summed E-state index contributed by atoms with van der Waals surface area (Å²) in [6, 6.07) is 11.7. The number of rotatable bonds is 6. The van der Waals surface area contributed by atoms with E-state index in [-0.39, 0.29) is 18.2 Å². The second-order valence-corrected chi connectivity index (χ2v) is 7.77. The van der Waals surface area contributed by atoms with Gasteiger partial charge in [0.15, 0.2) is 0 Å². The molecule has 3 aromatic rings. The van der Waals surface area contributed by atoms with Crippen molar-refractivity contribution in [2.75, 3.05) is 18.5 Å². The van der Waals surface area contributed by atoms with Crippen LogP contribution in [0.2, 0.25) is 0 Å². The average molecular weight is 397 g/mol. The van der Waals surface area contributed by atoms with Gasteiger partial charge in [0.05, 0.1) is 12.5 Å². The summed E-state index contributed by atoms with van der Waals surface area (Å²) in [5.41, 5.74) is 1.81. The Hall–Kier alpha value is -3.07. The van der Waals surface area contributed by atoms with E-state index in [0.29, 0.717) is 30.3 Å². The van der Waals surface area contributed by atoms with Crippen molar-refractivity contribution in [2.45, 2.75) is 19.4 Å². The Kier molecular flexibility index (Phi) is 5.16. The highest BCUT2D eigenvalue weighted by molar-refractivity contribution is 7.15. The molecule has 1 saturated heterocycles. The molecule has 1 aliphatic rings. The first-order chi connectivity index (χ1) is 13.6. The summed E-state index contributed by atoms with van der Waals surface area (Å²) in [5.74, 6) is -0.589. The third-order valence-electron chi connectivity index (χ3n) is 4.63. The molecule has 28 heavy (non-hydrogen) atoms. The van der Waals surface area contributed by atoms with Crippen LogP contribution in [0.5, 0.6) is 0 Å². The Labute approximate surface area is 165 Å². The minimum atomic E-state index is -0.397. The molecule has 0 spiro atoms. The third-order valence-corrected chi connectivity index (χ3v) is 5.57. The number of anilines is 1. The first-order valence-corrected chi connectivity index (χ1v) is 9.72. The summed E-state index contributed by atoms with van der Waals surface area (Å²) in [5, 5.41) is 13.6. The lowest BCUT2D eigenvalue weighted by Gasteiger charge is -2.19. The van der Waals surface area contributed by atoms with Gasteiger partial charge in [-0.3, -0.25) is 14.5 Å². The Bertz CT molecular complexity index is 957. The highest BCUT2D eigenvalue weighted by atomic mass is 32.1. The van der Waals surface area contributed by atoms with Crippen LogP contribution >= 0.6 is 11.3 Å². The maximum absolute atomic E-state index is 12.7. The first-order valence-electron chi connectivity index (χ1n) is 8.91. The molecule has 1 aliphatic heterocycles. The molecule has 8 nitrogen and oxygen atoms in total. The maximum Gasteiger partial charge on any atom is 0.229 e. The molecule has 0 N–H and O–H groups in total. The number of carbonyl (C=O) groups excluding carboxylic acids is 2. The van der Waals surface area contributed by atoms with Crippen molar-refractivity contribution in [3.05, 3.63) is 58.9 Å². The number of amides is 2. The molecular weight excluding hydrogens is 378 g/mol. The van der Waals surface area contributed by atoms with Gasteiger partial charge >= 0.3 is 0 Å². The summed E-state index contributed by atoms with van der Waals surface area (Å²) in [6.45, 7) is 0.668. The fraction of sp³-hybridized carbons (Fsp3) is 0.316. The average Bonchev–Trinajstić information content (AvgIpc) is 3.43. The zero-order valence-electron chi connectivity index (χ0n) is 15.3. The van der Waals surface area contributed by atoms with Crippen molar-refractivity contribution >= 4 is 28.3 Å². The number of carbonyl (C=O) groups is 2. The molecule has 144 valence electrons. The predicted octanol–water partition coefficient (Wildman–Crippen LogP) is 2.13. The number of nitrogens with zero attached hydrogens (tertiary/aromatic N) is 5. The Morgan fingerprint density at radius 1 is 1.29 bits per heavy atom. The maximum atomic E-state index is 12.7. The molecule has 0 bridgehead atoms. The van der Waals surface area contributed by atoms with Gasteiger partial charge in [-0.1, -0.05) is 46.8 Å². The molecule has 4 rings (SSSR count).